The molecule has 3 rings (SSSR count). The standard InChI is InChI=1S/C24H18BrClN2O2/c1-16-5-10-21(26)13-23(16)28-24(29)19(14-27)11-18-3-2-4-22(12-18)30-15-17-6-8-20(25)9-7-17/h2-13H,15H2,1H3,(H,28,29)/b19-11-. The molecule has 0 unspecified atom stereocenters. The van der Waals surface area contributed by atoms with Crippen molar-refractivity contribution in [2.75, 3.05) is 5.32 Å². The highest BCUT2D eigenvalue weighted by molar-refractivity contribution is 9.10. The van der Waals surface area contributed by atoms with Gasteiger partial charge in [0, 0.05) is 15.2 Å². The second-order valence-electron chi connectivity index (χ2n) is 6.57. The van der Waals surface area contributed by atoms with E-state index in [0.717, 1.165) is 15.6 Å². The number of aryl methyl sites for hydroxylation is 1. The Morgan fingerprint density at radius 3 is 2.67 bits per heavy atom. The van der Waals surface area contributed by atoms with Crippen LogP contribution in [0.15, 0.2) is 76.8 Å². The van der Waals surface area contributed by atoms with E-state index in [1.165, 1.54) is 6.08 Å². The second kappa shape index (κ2) is 10.1. The minimum atomic E-state index is -0.496. The molecule has 0 aliphatic carbocycles. The number of rotatable bonds is 6. The number of hydrogen-bond acceptors (Lipinski definition) is 3. The van der Waals surface area contributed by atoms with Gasteiger partial charge in [-0.1, -0.05) is 57.9 Å². The van der Waals surface area contributed by atoms with Gasteiger partial charge in [0.1, 0.15) is 24.0 Å². The molecule has 1 N–H and O–H groups in total. The molecule has 0 aliphatic heterocycles. The average Bonchev–Trinajstić information content (AvgIpc) is 2.74. The largest absolute Gasteiger partial charge is 0.489 e. The van der Waals surface area contributed by atoms with Crippen LogP contribution in [-0.2, 0) is 11.4 Å². The fraction of sp³-hybridized carbons (Fsp3) is 0.0833. The first-order chi connectivity index (χ1) is 14.4. The monoisotopic (exact) mass is 480 g/mol. The van der Waals surface area contributed by atoms with Crippen molar-refractivity contribution in [3.05, 3.63) is 98.5 Å². The third-order valence-corrected chi connectivity index (χ3v) is 5.06. The van der Waals surface area contributed by atoms with E-state index < -0.39 is 5.91 Å². The number of nitrogens with one attached hydrogen (secondary N) is 1. The van der Waals surface area contributed by atoms with E-state index in [0.29, 0.717) is 28.6 Å². The number of hydrogen-bond donors (Lipinski definition) is 1. The summed E-state index contributed by atoms with van der Waals surface area (Å²) in [4.78, 5) is 12.6. The van der Waals surface area contributed by atoms with Gasteiger partial charge < -0.3 is 10.1 Å². The molecule has 150 valence electrons. The maximum atomic E-state index is 12.6. The summed E-state index contributed by atoms with van der Waals surface area (Å²) in [6.07, 6.45) is 1.53. The zero-order valence-electron chi connectivity index (χ0n) is 16.2. The summed E-state index contributed by atoms with van der Waals surface area (Å²) in [5.74, 6) is 0.152. The van der Waals surface area contributed by atoms with Gasteiger partial charge in [0.25, 0.3) is 5.91 Å². The smallest absolute Gasteiger partial charge is 0.266 e. The Bertz CT molecular complexity index is 1130. The molecule has 0 spiro atoms. The molecule has 0 heterocycles. The van der Waals surface area contributed by atoms with Crippen molar-refractivity contribution in [1.29, 1.82) is 5.26 Å². The summed E-state index contributed by atoms with van der Waals surface area (Å²) in [5, 5.41) is 12.7. The Balaban J connectivity index is 1.73. The maximum Gasteiger partial charge on any atom is 0.266 e. The van der Waals surface area contributed by atoms with Gasteiger partial charge in [-0.15, -0.1) is 0 Å². The lowest BCUT2D eigenvalue weighted by Gasteiger charge is -2.09. The number of benzene rings is 3. The zero-order chi connectivity index (χ0) is 21.5. The fourth-order valence-corrected chi connectivity index (χ4v) is 3.11. The van der Waals surface area contributed by atoms with Crippen molar-refractivity contribution in [3.63, 3.8) is 0 Å². The van der Waals surface area contributed by atoms with Gasteiger partial charge in [-0.3, -0.25) is 4.79 Å². The molecule has 0 bridgehead atoms. The van der Waals surface area contributed by atoms with Gasteiger partial charge >= 0.3 is 0 Å². The molecule has 4 nitrogen and oxygen atoms in total. The molecule has 0 saturated carbocycles. The van der Waals surface area contributed by atoms with Crippen LogP contribution in [-0.4, -0.2) is 5.91 Å². The van der Waals surface area contributed by atoms with E-state index >= 15 is 0 Å². The van der Waals surface area contributed by atoms with Crippen LogP contribution in [0.25, 0.3) is 6.08 Å². The Morgan fingerprint density at radius 1 is 1.17 bits per heavy atom. The van der Waals surface area contributed by atoms with E-state index in [2.05, 4.69) is 21.2 Å². The molecular weight excluding hydrogens is 464 g/mol. The minimum absolute atomic E-state index is 0.0144. The van der Waals surface area contributed by atoms with Crippen molar-refractivity contribution in [1.82, 2.24) is 0 Å². The quantitative estimate of drug-likeness (QED) is 0.321. The number of ether oxygens (including phenoxy) is 1. The first-order valence-corrected chi connectivity index (χ1v) is 10.3. The van der Waals surface area contributed by atoms with Crippen LogP contribution >= 0.6 is 27.5 Å². The Morgan fingerprint density at radius 2 is 1.93 bits per heavy atom. The molecule has 0 radical (unpaired) electrons. The van der Waals surface area contributed by atoms with Crippen LogP contribution in [0.3, 0.4) is 0 Å². The van der Waals surface area contributed by atoms with Crippen LogP contribution in [0.4, 0.5) is 5.69 Å². The number of anilines is 1. The summed E-state index contributed by atoms with van der Waals surface area (Å²) < 4.78 is 6.84. The molecule has 0 atom stereocenters. The Hall–Kier alpha value is -3.07. The van der Waals surface area contributed by atoms with Gasteiger partial charge in [0.05, 0.1) is 0 Å². The van der Waals surface area contributed by atoms with Crippen LogP contribution in [0, 0.1) is 18.3 Å². The summed E-state index contributed by atoms with van der Waals surface area (Å²) in [6.45, 7) is 2.27. The maximum absolute atomic E-state index is 12.6. The van der Waals surface area contributed by atoms with Crippen molar-refractivity contribution >= 4 is 45.2 Å². The van der Waals surface area contributed by atoms with Gasteiger partial charge in [0.2, 0.25) is 0 Å². The SMILES string of the molecule is Cc1ccc(Cl)cc1NC(=O)/C(C#N)=C\c1cccc(OCc2ccc(Br)cc2)c1. The Labute approximate surface area is 188 Å². The van der Waals surface area contributed by atoms with E-state index in [-0.39, 0.29) is 5.57 Å². The van der Waals surface area contributed by atoms with Crippen LogP contribution in [0.2, 0.25) is 5.02 Å². The minimum Gasteiger partial charge on any atom is -0.489 e. The van der Waals surface area contributed by atoms with Crippen LogP contribution in [0.5, 0.6) is 5.75 Å². The summed E-state index contributed by atoms with van der Waals surface area (Å²) in [5.41, 5.74) is 3.14. The molecule has 0 saturated heterocycles. The molecular formula is C24H18BrClN2O2. The first kappa shape index (κ1) is 21.6. The third kappa shape index (κ3) is 5.96. The molecule has 1 amide bonds. The lowest BCUT2D eigenvalue weighted by Crippen LogP contribution is -2.14. The van der Waals surface area contributed by atoms with Crippen LogP contribution in [0.1, 0.15) is 16.7 Å². The van der Waals surface area contributed by atoms with Gasteiger partial charge in [-0.2, -0.15) is 5.26 Å². The lowest BCUT2D eigenvalue weighted by molar-refractivity contribution is -0.112. The number of carbonyl (C=O) groups excluding carboxylic acids is 1. The summed E-state index contributed by atoms with van der Waals surface area (Å²) >= 11 is 9.40. The molecule has 30 heavy (non-hydrogen) atoms. The number of carbonyl (C=O) groups is 1. The number of halogens is 2. The number of nitrogens with zero attached hydrogens (tertiary/aromatic N) is 1. The first-order valence-electron chi connectivity index (χ1n) is 9.11. The van der Waals surface area contributed by atoms with Gasteiger partial charge in [0.15, 0.2) is 0 Å². The number of amides is 1. The van der Waals surface area contributed by atoms with Crippen molar-refractivity contribution < 1.29 is 9.53 Å². The predicted octanol–water partition coefficient (Wildman–Crippen LogP) is 6.54. The molecule has 0 aromatic heterocycles. The van der Waals surface area contributed by atoms with Gasteiger partial charge in [-0.25, -0.2) is 0 Å². The highest BCUT2D eigenvalue weighted by Crippen LogP contribution is 2.22. The summed E-state index contributed by atoms with van der Waals surface area (Å²) in [6, 6.07) is 22.3. The second-order valence-corrected chi connectivity index (χ2v) is 7.92. The third-order valence-electron chi connectivity index (χ3n) is 4.30. The normalized spacial score (nSPS) is 10.9. The molecule has 0 aliphatic rings. The summed E-state index contributed by atoms with van der Waals surface area (Å²) in [7, 11) is 0. The van der Waals surface area contributed by atoms with Crippen molar-refractivity contribution in [2.45, 2.75) is 13.5 Å². The zero-order valence-corrected chi connectivity index (χ0v) is 18.5. The van der Waals surface area contributed by atoms with E-state index in [9.17, 15) is 10.1 Å². The average molecular weight is 482 g/mol. The number of nitriles is 1. The van der Waals surface area contributed by atoms with Crippen molar-refractivity contribution in [3.8, 4) is 11.8 Å². The van der Waals surface area contributed by atoms with E-state index in [1.807, 2.05) is 55.5 Å². The predicted molar refractivity (Wildman–Crippen MR) is 123 cm³/mol. The van der Waals surface area contributed by atoms with E-state index in [4.69, 9.17) is 16.3 Å². The molecule has 3 aromatic rings. The molecule has 0 fully saturated rings. The topological polar surface area (TPSA) is 62.1 Å². The van der Waals surface area contributed by atoms with Crippen molar-refractivity contribution in [2.24, 2.45) is 0 Å². The highest BCUT2D eigenvalue weighted by atomic mass is 79.9. The lowest BCUT2D eigenvalue weighted by atomic mass is 10.1. The molecule has 3 aromatic carbocycles. The molecule has 6 heteroatoms. The van der Waals surface area contributed by atoms with Gasteiger partial charge in [-0.05, 0) is 66.1 Å². The van der Waals surface area contributed by atoms with Crippen LogP contribution < -0.4 is 10.1 Å². The Kier molecular flexibility index (Phi) is 7.29. The highest BCUT2D eigenvalue weighted by Gasteiger charge is 2.11. The van der Waals surface area contributed by atoms with E-state index in [1.54, 1.807) is 24.3 Å². The fourth-order valence-electron chi connectivity index (χ4n) is 2.68.